The van der Waals surface area contributed by atoms with Crippen LogP contribution in [0.4, 0.5) is 14.9 Å². The molecular weight excluding hydrogens is 401 g/mol. The van der Waals surface area contributed by atoms with Gasteiger partial charge in [-0.1, -0.05) is 6.08 Å². The number of pyridine rings is 1. The Kier molecular flexibility index (Phi) is 5.74. The fourth-order valence-corrected chi connectivity index (χ4v) is 3.18. The van der Waals surface area contributed by atoms with Gasteiger partial charge in [-0.05, 0) is 42.0 Å². The Hall–Kier alpha value is -4.01. The molecule has 31 heavy (non-hydrogen) atoms. The maximum atomic E-state index is 14.8. The fourth-order valence-electron chi connectivity index (χ4n) is 3.18. The summed E-state index contributed by atoms with van der Waals surface area (Å²) < 4.78 is 21.6. The number of ether oxygens (including phenoxy) is 1. The van der Waals surface area contributed by atoms with E-state index < -0.39 is 18.0 Å². The molecule has 0 bridgehead atoms. The normalized spacial score (nSPS) is 16.0. The maximum Gasteiger partial charge on any atom is 0.414 e. The van der Waals surface area contributed by atoms with Crippen molar-refractivity contribution in [3.8, 4) is 5.69 Å². The standard InChI is InChI=1S/C22H20FN5O3/c1-15(29)25-11-19-13-28(22(30)31-19)18-4-5-21(20(23)10-18)27-12-17(26-14-27)3-2-16-6-8-24-9-7-16/h2-10,12,14,19H,11,13H2,1H3,(H,25,29)/b3-2+/t19-/m0/s1. The number of nitrogens with zero attached hydrogens (tertiary/aromatic N) is 4. The summed E-state index contributed by atoms with van der Waals surface area (Å²) in [6, 6.07) is 8.25. The molecule has 2 aromatic heterocycles. The lowest BCUT2D eigenvalue weighted by atomic mass is 10.2. The van der Waals surface area contributed by atoms with Crippen molar-refractivity contribution < 1.29 is 18.7 Å². The van der Waals surface area contributed by atoms with Crippen LogP contribution in [0.1, 0.15) is 18.2 Å². The zero-order valence-electron chi connectivity index (χ0n) is 16.7. The molecule has 4 rings (SSSR count). The zero-order valence-corrected chi connectivity index (χ0v) is 16.7. The van der Waals surface area contributed by atoms with Crippen LogP contribution in [0.25, 0.3) is 17.8 Å². The van der Waals surface area contributed by atoms with Crippen molar-refractivity contribution in [2.45, 2.75) is 13.0 Å². The predicted octanol–water partition coefficient (Wildman–Crippen LogP) is 3.04. The lowest BCUT2D eigenvalue weighted by molar-refractivity contribution is -0.119. The Bertz CT molecular complexity index is 1130. The van der Waals surface area contributed by atoms with Crippen LogP contribution in [0, 0.1) is 5.82 Å². The number of hydrogen-bond acceptors (Lipinski definition) is 5. The van der Waals surface area contributed by atoms with Gasteiger partial charge in [-0.2, -0.15) is 0 Å². The molecule has 0 aliphatic carbocycles. The minimum Gasteiger partial charge on any atom is -0.442 e. The molecule has 0 spiro atoms. The monoisotopic (exact) mass is 421 g/mol. The van der Waals surface area contributed by atoms with Gasteiger partial charge in [0.25, 0.3) is 0 Å². The maximum absolute atomic E-state index is 14.8. The number of aromatic nitrogens is 3. The van der Waals surface area contributed by atoms with Crippen molar-refractivity contribution in [2.75, 3.05) is 18.0 Å². The van der Waals surface area contributed by atoms with Crippen LogP contribution in [-0.4, -0.2) is 45.7 Å². The summed E-state index contributed by atoms with van der Waals surface area (Å²) in [4.78, 5) is 32.8. The number of rotatable bonds is 6. The first-order valence-electron chi connectivity index (χ1n) is 9.64. The van der Waals surface area contributed by atoms with Gasteiger partial charge in [-0.3, -0.25) is 14.7 Å². The SMILES string of the molecule is CC(=O)NC[C@H]1CN(c2ccc(-n3cnc(/C=C/c4ccncc4)c3)c(F)c2)C(=O)O1. The summed E-state index contributed by atoms with van der Waals surface area (Å²) in [7, 11) is 0. The van der Waals surface area contributed by atoms with Crippen molar-refractivity contribution in [1.82, 2.24) is 19.9 Å². The molecule has 1 N–H and O–H groups in total. The Labute approximate surface area is 178 Å². The van der Waals surface area contributed by atoms with E-state index in [0.717, 1.165) is 5.56 Å². The molecular formula is C22H20FN5O3. The van der Waals surface area contributed by atoms with E-state index >= 15 is 0 Å². The summed E-state index contributed by atoms with van der Waals surface area (Å²) in [6.07, 6.45) is 9.30. The van der Waals surface area contributed by atoms with Gasteiger partial charge in [-0.15, -0.1) is 0 Å². The van der Waals surface area contributed by atoms with E-state index in [4.69, 9.17) is 4.74 Å². The van der Waals surface area contributed by atoms with Gasteiger partial charge in [0.2, 0.25) is 5.91 Å². The van der Waals surface area contributed by atoms with Crippen molar-refractivity contribution in [3.63, 3.8) is 0 Å². The number of halogens is 1. The number of cyclic esters (lactones) is 1. The molecule has 1 aliphatic heterocycles. The number of imidazole rings is 1. The lowest BCUT2D eigenvalue weighted by Gasteiger charge is -2.14. The molecule has 1 atom stereocenters. The molecule has 3 heterocycles. The average molecular weight is 421 g/mol. The van der Waals surface area contributed by atoms with Crippen molar-refractivity contribution in [1.29, 1.82) is 0 Å². The van der Waals surface area contributed by atoms with E-state index in [9.17, 15) is 14.0 Å². The highest BCUT2D eigenvalue weighted by Crippen LogP contribution is 2.25. The van der Waals surface area contributed by atoms with E-state index in [1.54, 1.807) is 35.3 Å². The highest BCUT2D eigenvalue weighted by molar-refractivity contribution is 5.90. The third-order valence-electron chi connectivity index (χ3n) is 4.73. The van der Waals surface area contributed by atoms with E-state index in [1.807, 2.05) is 24.3 Å². The molecule has 158 valence electrons. The van der Waals surface area contributed by atoms with Crippen LogP contribution >= 0.6 is 0 Å². The molecule has 0 saturated carbocycles. The molecule has 1 aromatic carbocycles. The Balaban J connectivity index is 1.47. The first kappa shape index (κ1) is 20.3. The van der Waals surface area contributed by atoms with Crippen LogP contribution in [0.3, 0.4) is 0 Å². The van der Waals surface area contributed by atoms with Gasteiger partial charge in [0, 0.05) is 25.5 Å². The predicted molar refractivity (Wildman–Crippen MR) is 113 cm³/mol. The molecule has 2 amide bonds. The summed E-state index contributed by atoms with van der Waals surface area (Å²) >= 11 is 0. The number of carbonyl (C=O) groups is 2. The number of hydrogen-bond donors (Lipinski definition) is 1. The summed E-state index contributed by atoms with van der Waals surface area (Å²) in [5, 5.41) is 2.61. The highest BCUT2D eigenvalue weighted by atomic mass is 19.1. The zero-order chi connectivity index (χ0) is 21.8. The number of benzene rings is 1. The number of nitrogens with one attached hydrogen (secondary N) is 1. The number of carbonyl (C=O) groups excluding carboxylic acids is 2. The Morgan fingerprint density at radius 1 is 1.29 bits per heavy atom. The van der Waals surface area contributed by atoms with Crippen LogP contribution in [-0.2, 0) is 9.53 Å². The molecule has 8 nitrogen and oxygen atoms in total. The van der Waals surface area contributed by atoms with Gasteiger partial charge in [-0.25, -0.2) is 14.2 Å². The van der Waals surface area contributed by atoms with E-state index in [0.29, 0.717) is 17.1 Å². The van der Waals surface area contributed by atoms with Gasteiger partial charge < -0.3 is 14.6 Å². The third kappa shape index (κ3) is 4.77. The van der Waals surface area contributed by atoms with Crippen molar-refractivity contribution >= 4 is 29.8 Å². The van der Waals surface area contributed by atoms with E-state index in [1.165, 1.54) is 24.2 Å². The molecule has 1 aliphatic rings. The smallest absolute Gasteiger partial charge is 0.414 e. The van der Waals surface area contributed by atoms with Gasteiger partial charge >= 0.3 is 6.09 Å². The van der Waals surface area contributed by atoms with Gasteiger partial charge in [0.1, 0.15) is 11.9 Å². The topological polar surface area (TPSA) is 89.4 Å². The quantitative estimate of drug-likeness (QED) is 0.661. The minimum atomic E-state index is -0.575. The summed E-state index contributed by atoms with van der Waals surface area (Å²) in [5.74, 6) is -0.710. The molecule has 0 unspecified atom stereocenters. The Morgan fingerprint density at radius 2 is 2.10 bits per heavy atom. The van der Waals surface area contributed by atoms with Crippen molar-refractivity contribution in [3.05, 3.63) is 72.3 Å². The first-order chi connectivity index (χ1) is 15.0. The third-order valence-corrected chi connectivity index (χ3v) is 4.73. The number of anilines is 1. The van der Waals surface area contributed by atoms with E-state index in [2.05, 4.69) is 15.3 Å². The lowest BCUT2D eigenvalue weighted by Crippen LogP contribution is -2.33. The largest absolute Gasteiger partial charge is 0.442 e. The second-order valence-electron chi connectivity index (χ2n) is 7.01. The molecule has 1 fully saturated rings. The van der Waals surface area contributed by atoms with Gasteiger partial charge in [0.15, 0.2) is 0 Å². The van der Waals surface area contributed by atoms with Crippen LogP contribution in [0.5, 0.6) is 0 Å². The molecule has 1 saturated heterocycles. The van der Waals surface area contributed by atoms with E-state index in [-0.39, 0.29) is 19.0 Å². The second-order valence-corrected chi connectivity index (χ2v) is 7.01. The molecule has 9 heteroatoms. The molecule has 3 aromatic rings. The summed E-state index contributed by atoms with van der Waals surface area (Å²) in [5.41, 5.74) is 2.34. The fraction of sp³-hybridized carbons (Fsp3) is 0.182. The second kappa shape index (κ2) is 8.78. The Morgan fingerprint density at radius 3 is 2.84 bits per heavy atom. The average Bonchev–Trinajstić information content (AvgIpc) is 3.38. The molecule has 0 radical (unpaired) electrons. The highest BCUT2D eigenvalue weighted by Gasteiger charge is 2.32. The van der Waals surface area contributed by atoms with Crippen LogP contribution < -0.4 is 10.2 Å². The van der Waals surface area contributed by atoms with Crippen LogP contribution in [0.2, 0.25) is 0 Å². The van der Waals surface area contributed by atoms with Gasteiger partial charge in [0.05, 0.1) is 36.5 Å². The van der Waals surface area contributed by atoms with Crippen molar-refractivity contribution in [2.24, 2.45) is 0 Å². The van der Waals surface area contributed by atoms with Crippen LogP contribution in [0.15, 0.2) is 55.2 Å². The minimum absolute atomic E-state index is 0.208. The number of amides is 2. The summed E-state index contributed by atoms with van der Waals surface area (Å²) in [6.45, 7) is 1.83. The first-order valence-corrected chi connectivity index (χ1v) is 9.64.